The van der Waals surface area contributed by atoms with Crippen molar-refractivity contribution >= 4 is 24.7 Å². The zero-order chi connectivity index (χ0) is 7.98. The molecular formula is C6H15I2N2-. The summed E-state index contributed by atoms with van der Waals surface area (Å²) in [6.07, 6.45) is 0. The molecule has 0 aliphatic heterocycles. The summed E-state index contributed by atoms with van der Waals surface area (Å²) in [5.41, 5.74) is 5.50. The third kappa shape index (κ3) is 5.99. The Hall–Kier alpha value is 1.25. The van der Waals surface area contributed by atoms with Gasteiger partial charge < -0.3 is 0 Å². The van der Waals surface area contributed by atoms with Gasteiger partial charge in [0.25, 0.3) is 0 Å². The first-order chi connectivity index (χ1) is 4.70. The van der Waals surface area contributed by atoms with E-state index < -0.39 is 0 Å². The van der Waals surface area contributed by atoms with Gasteiger partial charge in [-0.2, -0.15) is 0 Å². The van der Waals surface area contributed by atoms with Gasteiger partial charge in [0.1, 0.15) is 0 Å². The van der Waals surface area contributed by atoms with Crippen LogP contribution in [0.25, 0.3) is 0 Å². The van der Waals surface area contributed by atoms with Crippen molar-refractivity contribution in [3.63, 3.8) is 0 Å². The van der Waals surface area contributed by atoms with Crippen LogP contribution in [0, 0.1) is 0 Å². The first kappa shape index (κ1) is 11.2. The summed E-state index contributed by atoms with van der Waals surface area (Å²) in [6, 6.07) is 0. The minimum absolute atomic E-state index is 0.144. The molecule has 1 unspecified atom stereocenters. The number of nitrogens with two attached hydrogens (primary N) is 2. The van der Waals surface area contributed by atoms with Gasteiger partial charge in [-0.05, 0) is 0 Å². The SMILES string of the molecule is CC(C)I=CC(CN)[I-]N. The van der Waals surface area contributed by atoms with Crippen LogP contribution in [0.1, 0.15) is 13.8 Å². The van der Waals surface area contributed by atoms with E-state index in [-0.39, 0.29) is 42.2 Å². The zero-order valence-corrected chi connectivity index (χ0v) is 10.7. The maximum atomic E-state index is 5.59. The molecule has 0 spiro atoms. The molecule has 0 aliphatic rings. The van der Waals surface area contributed by atoms with Crippen LogP contribution in [0.5, 0.6) is 0 Å². The first-order valence-electron chi connectivity index (χ1n) is 3.18. The van der Waals surface area contributed by atoms with Crippen LogP contribution in [0.3, 0.4) is 0 Å². The Balaban J connectivity index is 3.61. The Labute approximate surface area is 83.5 Å². The normalized spacial score (nSPS) is 16.1. The Morgan fingerprint density at radius 1 is 1.60 bits per heavy atom. The van der Waals surface area contributed by atoms with Crippen molar-refractivity contribution in [2.24, 2.45) is 9.68 Å². The van der Waals surface area contributed by atoms with Gasteiger partial charge in [-0.15, -0.1) is 0 Å². The molecular weight excluding hydrogens is 354 g/mol. The van der Waals surface area contributed by atoms with Crippen LogP contribution < -0.4 is 31.2 Å². The average molecular weight is 369 g/mol. The number of alkyl halides is 2. The molecule has 0 aliphatic carbocycles. The average Bonchev–Trinajstić information content (AvgIpc) is 1.90. The topological polar surface area (TPSA) is 52.0 Å². The molecule has 0 aromatic carbocycles. The van der Waals surface area contributed by atoms with Gasteiger partial charge >= 0.3 is 84.1 Å². The maximum absolute atomic E-state index is 5.59. The Kier molecular flexibility index (Phi) is 7.80. The molecule has 0 saturated carbocycles. The molecule has 0 radical (unpaired) electrons. The van der Waals surface area contributed by atoms with E-state index in [9.17, 15) is 0 Å². The van der Waals surface area contributed by atoms with Crippen LogP contribution in [0.4, 0.5) is 0 Å². The second-order valence-electron chi connectivity index (χ2n) is 2.14. The molecule has 0 aromatic heterocycles. The third-order valence-corrected chi connectivity index (χ3v) is 6.74. The Morgan fingerprint density at radius 3 is 2.50 bits per heavy atom. The van der Waals surface area contributed by atoms with Crippen LogP contribution in [-0.2, 0) is 0 Å². The number of hydrogen-bond acceptors (Lipinski definition) is 2. The van der Waals surface area contributed by atoms with E-state index in [1.165, 1.54) is 0 Å². The second kappa shape index (κ2) is 6.93. The fourth-order valence-electron chi connectivity index (χ4n) is 0.355. The van der Waals surface area contributed by atoms with Crippen LogP contribution in [0.2, 0.25) is 0 Å². The molecule has 0 bridgehead atoms. The van der Waals surface area contributed by atoms with Gasteiger partial charge in [0.2, 0.25) is 0 Å². The number of hydrogen-bond donors (Lipinski definition) is 2. The van der Waals surface area contributed by atoms with Gasteiger partial charge in [0.15, 0.2) is 0 Å². The number of halogens is 2. The van der Waals surface area contributed by atoms with E-state index in [2.05, 4.69) is 17.9 Å². The van der Waals surface area contributed by atoms with E-state index >= 15 is 0 Å². The van der Waals surface area contributed by atoms with Crippen molar-refractivity contribution in [1.82, 2.24) is 0 Å². The van der Waals surface area contributed by atoms with Crippen molar-refractivity contribution in [1.29, 1.82) is 0 Å². The van der Waals surface area contributed by atoms with Crippen LogP contribution in [0.15, 0.2) is 0 Å². The summed E-state index contributed by atoms with van der Waals surface area (Å²) >= 11 is 0.111. The Bertz CT molecular complexity index is 99.9. The molecule has 0 saturated heterocycles. The van der Waals surface area contributed by atoms with Crippen molar-refractivity contribution in [2.75, 3.05) is 6.54 Å². The van der Waals surface area contributed by atoms with Gasteiger partial charge in [0.05, 0.1) is 0 Å². The van der Waals surface area contributed by atoms with Crippen molar-refractivity contribution in [2.45, 2.75) is 21.7 Å². The van der Waals surface area contributed by atoms with Gasteiger partial charge in [-0.25, -0.2) is 0 Å². The minimum atomic E-state index is -0.144. The van der Waals surface area contributed by atoms with Crippen molar-refractivity contribution < 1.29 is 21.5 Å². The molecule has 0 amide bonds. The summed E-state index contributed by atoms with van der Waals surface area (Å²) in [6.45, 7) is 5.27. The van der Waals surface area contributed by atoms with Crippen LogP contribution >= 0.6 is 20.7 Å². The molecule has 4 N–H and O–H groups in total. The first-order valence-corrected chi connectivity index (χ1v) is 8.16. The quantitative estimate of drug-likeness (QED) is 0.326. The summed E-state index contributed by atoms with van der Waals surface area (Å²) in [5, 5.41) is 0. The molecule has 0 fully saturated rings. The van der Waals surface area contributed by atoms with E-state index in [1.54, 1.807) is 0 Å². The standard InChI is InChI=1S/C6H15I2N2/c1-5(2)7-3-6(4-9)8-10/h3,5-6H,4,9-10H2,1-2H3/q-1. The summed E-state index contributed by atoms with van der Waals surface area (Å²) in [4.78, 5) is 0. The monoisotopic (exact) mass is 369 g/mol. The fraction of sp³-hybridized carbons (Fsp3) is 0.833. The second-order valence-corrected chi connectivity index (χ2v) is 8.39. The molecule has 0 rings (SSSR count). The zero-order valence-electron chi connectivity index (χ0n) is 6.35. The number of rotatable bonds is 4. The summed E-state index contributed by atoms with van der Waals surface area (Å²) in [5.74, 6) is 0. The van der Waals surface area contributed by atoms with Crippen LogP contribution in [-0.4, -0.2) is 18.4 Å². The third-order valence-electron chi connectivity index (χ3n) is 0.848. The van der Waals surface area contributed by atoms with E-state index in [1.807, 2.05) is 0 Å². The molecule has 0 aromatic rings. The molecule has 4 heteroatoms. The van der Waals surface area contributed by atoms with Crippen molar-refractivity contribution in [3.8, 4) is 0 Å². The fourth-order valence-corrected chi connectivity index (χ4v) is 4.49. The van der Waals surface area contributed by atoms with Gasteiger partial charge in [-0.1, -0.05) is 0 Å². The summed E-state index contributed by atoms with van der Waals surface area (Å²) in [7, 11) is 0. The van der Waals surface area contributed by atoms with E-state index in [4.69, 9.17) is 9.68 Å². The van der Waals surface area contributed by atoms with Gasteiger partial charge in [-0.3, -0.25) is 0 Å². The predicted molar refractivity (Wildman–Crippen MR) is 52.2 cm³/mol. The molecule has 64 valence electrons. The predicted octanol–water partition coefficient (Wildman–Crippen LogP) is -2.54. The van der Waals surface area contributed by atoms with Gasteiger partial charge in [0, 0.05) is 0 Å². The Morgan fingerprint density at radius 2 is 2.20 bits per heavy atom. The van der Waals surface area contributed by atoms with Crippen molar-refractivity contribution in [3.05, 3.63) is 0 Å². The summed E-state index contributed by atoms with van der Waals surface area (Å²) < 4.78 is 9.40. The molecule has 10 heavy (non-hydrogen) atoms. The molecule has 2 nitrogen and oxygen atoms in total. The van der Waals surface area contributed by atoms with E-state index in [0.29, 0.717) is 3.92 Å². The molecule has 0 heterocycles. The molecule has 1 atom stereocenters. The van der Waals surface area contributed by atoms with E-state index in [0.717, 1.165) is 10.5 Å².